The second-order valence-corrected chi connectivity index (χ2v) is 4.73. The summed E-state index contributed by atoms with van der Waals surface area (Å²) in [6.07, 6.45) is 0. The van der Waals surface area contributed by atoms with Gasteiger partial charge in [-0.2, -0.15) is 0 Å². The Kier molecular flexibility index (Phi) is 3.39. The monoisotopic (exact) mass is 295 g/mol. The molecule has 1 aliphatic rings. The van der Waals surface area contributed by atoms with Crippen LogP contribution in [0.5, 0.6) is 5.75 Å². The molecule has 5 nitrogen and oxygen atoms in total. The second-order valence-electron chi connectivity index (χ2n) is 4.73. The highest BCUT2D eigenvalue weighted by molar-refractivity contribution is 6.44. The number of carbonyl (C=O) groups excluding carboxylic acids is 2. The number of aliphatic hydroxyl groups excluding tert-OH is 1. The highest BCUT2D eigenvalue weighted by Gasteiger charge is 2.40. The van der Waals surface area contributed by atoms with Crippen LogP contribution in [0, 0.1) is 0 Å². The number of aliphatic hydroxyl groups is 1. The van der Waals surface area contributed by atoms with E-state index in [0.717, 1.165) is 4.90 Å². The van der Waals surface area contributed by atoms with Gasteiger partial charge in [0.1, 0.15) is 5.75 Å². The lowest BCUT2D eigenvalue weighted by molar-refractivity contribution is -0.121. The molecule has 0 saturated heterocycles. The van der Waals surface area contributed by atoms with Crippen molar-refractivity contribution in [1.82, 2.24) is 0 Å². The van der Waals surface area contributed by atoms with Gasteiger partial charge in [-0.1, -0.05) is 30.3 Å². The first-order valence-corrected chi connectivity index (χ1v) is 6.65. The van der Waals surface area contributed by atoms with E-state index < -0.39 is 17.6 Å². The molecule has 2 aromatic carbocycles. The number of para-hydroxylation sites is 1. The molecular formula is C17H13NO4. The van der Waals surface area contributed by atoms with Crippen LogP contribution in [0.2, 0.25) is 0 Å². The fraction of sp³-hybridized carbons (Fsp3) is 0.0588. The summed E-state index contributed by atoms with van der Waals surface area (Å²) in [7, 11) is 1.53. The van der Waals surface area contributed by atoms with Crippen LogP contribution in [0.3, 0.4) is 0 Å². The lowest BCUT2D eigenvalue weighted by Gasteiger charge is -2.14. The highest BCUT2D eigenvalue weighted by Crippen LogP contribution is 2.32. The first-order valence-electron chi connectivity index (χ1n) is 6.65. The molecule has 0 atom stereocenters. The molecule has 0 bridgehead atoms. The van der Waals surface area contributed by atoms with Crippen molar-refractivity contribution >= 4 is 23.1 Å². The van der Waals surface area contributed by atoms with E-state index >= 15 is 0 Å². The van der Waals surface area contributed by atoms with Gasteiger partial charge in [-0.15, -0.1) is 0 Å². The Bertz CT molecular complexity index is 763. The number of benzene rings is 2. The number of carbonyl (C=O) groups is 2. The molecular weight excluding hydrogens is 282 g/mol. The number of amides is 2. The summed E-state index contributed by atoms with van der Waals surface area (Å²) in [6.45, 7) is 0. The van der Waals surface area contributed by atoms with Crippen LogP contribution >= 0.6 is 0 Å². The third-order valence-corrected chi connectivity index (χ3v) is 3.45. The second kappa shape index (κ2) is 5.37. The summed E-state index contributed by atoms with van der Waals surface area (Å²) in [5.41, 5.74) is 0.888. The Labute approximate surface area is 127 Å². The molecule has 5 heteroatoms. The van der Waals surface area contributed by atoms with Gasteiger partial charge in [0.2, 0.25) is 0 Å². The minimum atomic E-state index is -0.720. The van der Waals surface area contributed by atoms with Gasteiger partial charge < -0.3 is 9.84 Å². The number of imide groups is 1. The van der Waals surface area contributed by atoms with E-state index in [1.807, 2.05) is 0 Å². The molecule has 1 N–H and O–H groups in total. The summed E-state index contributed by atoms with van der Waals surface area (Å²) in [6, 6.07) is 15.1. The lowest BCUT2D eigenvalue weighted by Crippen LogP contribution is -2.31. The molecule has 3 rings (SSSR count). The first-order chi connectivity index (χ1) is 10.6. The Morgan fingerprint density at radius 1 is 0.909 bits per heavy atom. The summed E-state index contributed by atoms with van der Waals surface area (Å²) in [5.74, 6) is -1.18. The van der Waals surface area contributed by atoms with E-state index in [2.05, 4.69) is 0 Å². The van der Waals surface area contributed by atoms with E-state index in [-0.39, 0.29) is 5.57 Å². The van der Waals surface area contributed by atoms with Crippen LogP contribution in [0.15, 0.2) is 60.4 Å². The third kappa shape index (κ3) is 2.13. The zero-order valence-corrected chi connectivity index (χ0v) is 11.8. The van der Waals surface area contributed by atoms with Crippen molar-refractivity contribution in [3.8, 4) is 5.75 Å². The number of hydrogen-bond acceptors (Lipinski definition) is 4. The zero-order valence-electron chi connectivity index (χ0n) is 11.8. The third-order valence-electron chi connectivity index (χ3n) is 3.45. The highest BCUT2D eigenvalue weighted by atomic mass is 16.5. The van der Waals surface area contributed by atoms with E-state index in [4.69, 9.17) is 4.74 Å². The number of ether oxygens (including phenoxy) is 1. The molecule has 110 valence electrons. The lowest BCUT2D eigenvalue weighted by atomic mass is 10.1. The van der Waals surface area contributed by atoms with Crippen molar-refractivity contribution in [1.29, 1.82) is 0 Å². The van der Waals surface area contributed by atoms with Crippen molar-refractivity contribution in [2.45, 2.75) is 0 Å². The maximum Gasteiger partial charge on any atom is 0.301 e. The van der Waals surface area contributed by atoms with Gasteiger partial charge in [0.25, 0.3) is 5.91 Å². The van der Waals surface area contributed by atoms with E-state index in [1.165, 1.54) is 7.11 Å². The van der Waals surface area contributed by atoms with Crippen molar-refractivity contribution in [2.24, 2.45) is 0 Å². The van der Waals surface area contributed by atoms with E-state index in [0.29, 0.717) is 17.0 Å². The number of methoxy groups -OCH3 is 1. The normalized spacial score (nSPS) is 14.7. The van der Waals surface area contributed by atoms with Crippen LogP contribution in [0.4, 0.5) is 5.69 Å². The summed E-state index contributed by atoms with van der Waals surface area (Å²) in [5, 5.41) is 10.1. The number of anilines is 1. The quantitative estimate of drug-likeness (QED) is 0.884. The van der Waals surface area contributed by atoms with Gasteiger partial charge >= 0.3 is 5.91 Å². The molecule has 22 heavy (non-hydrogen) atoms. The van der Waals surface area contributed by atoms with Crippen LogP contribution in [-0.4, -0.2) is 24.0 Å². The average Bonchev–Trinajstić information content (AvgIpc) is 2.78. The summed E-state index contributed by atoms with van der Waals surface area (Å²) < 4.78 is 5.06. The maximum absolute atomic E-state index is 12.5. The van der Waals surface area contributed by atoms with Gasteiger partial charge in [-0.3, -0.25) is 9.59 Å². The summed E-state index contributed by atoms with van der Waals surface area (Å²) in [4.78, 5) is 25.7. The smallest absolute Gasteiger partial charge is 0.301 e. The van der Waals surface area contributed by atoms with Crippen molar-refractivity contribution < 1.29 is 19.4 Å². The van der Waals surface area contributed by atoms with Gasteiger partial charge in [0.05, 0.1) is 18.4 Å². The molecule has 1 aliphatic heterocycles. The topological polar surface area (TPSA) is 66.8 Å². The number of rotatable bonds is 3. The molecule has 2 aromatic rings. The maximum atomic E-state index is 12.5. The Morgan fingerprint density at radius 3 is 2.14 bits per heavy atom. The zero-order chi connectivity index (χ0) is 15.7. The number of nitrogens with zero attached hydrogens (tertiary/aromatic N) is 1. The minimum Gasteiger partial charge on any atom is -0.502 e. The standard InChI is InChI=1S/C17H13NO4/c1-22-13-9-7-11(8-10-13)14-15(19)17(21)18(16(14)20)12-5-3-2-4-6-12/h2-10,19H,1H3. The van der Waals surface area contributed by atoms with Gasteiger partial charge in [0, 0.05) is 0 Å². The molecule has 0 radical (unpaired) electrons. The van der Waals surface area contributed by atoms with Gasteiger partial charge in [0.15, 0.2) is 5.76 Å². The largest absolute Gasteiger partial charge is 0.502 e. The Hall–Kier alpha value is -3.08. The van der Waals surface area contributed by atoms with Crippen LogP contribution < -0.4 is 9.64 Å². The molecule has 0 fully saturated rings. The molecule has 0 saturated carbocycles. The van der Waals surface area contributed by atoms with Gasteiger partial charge in [-0.05, 0) is 29.8 Å². The molecule has 1 heterocycles. The fourth-order valence-electron chi connectivity index (χ4n) is 2.35. The fourth-order valence-corrected chi connectivity index (χ4v) is 2.35. The SMILES string of the molecule is COc1ccc(C2=C(O)C(=O)N(c3ccccc3)C2=O)cc1. The molecule has 0 aliphatic carbocycles. The van der Waals surface area contributed by atoms with Crippen LogP contribution in [-0.2, 0) is 9.59 Å². The summed E-state index contributed by atoms with van der Waals surface area (Å²) >= 11 is 0. The van der Waals surface area contributed by atoms with Gasteiger partial charge in [-0.25, -0.2) is 4.90 Å². The predicted octanol–water partition coefficient (Wildman–Crippen LogP) is 2.54. The average molecular weight is 295 g/mol. The molecule has 0 spiro atoms. The Morgan fingerprint density at radius 2 is 1.55 bits per heavy atom. The molecule has 2 amide bonds. The molecule has 0 aromatic heterocycles. The van der Waals surface area contributed by atoms with Crippen LogP contribution in [0.25, 0.3) is 5.57 Å². The number of hydrogen-bond donors (Lipinski definition) is 1. The minimum absolute atomic E-state index is 0.00324. The van der Waals surface area contributed by atoms with Crippen LogP contribution in [0.1, 0.15) is 5.56 Å². The van der Waals surface area contributed by atoms with Crippen molar-refractivity contribution in [2.75, 3.05) is 12.0 Å². The van der Waals surface area contributed by atoms with Crippen molar-refractivity contribution in [3.05, 3.63) is 65.9 Å². The first kappa shape index (κ1) is 13.9. The van der Waals surface area contributed by atoms with E-state index in [9.17, 15) is 14.7 Å². The molecule has 0 unspecified atom stereocenters. The van der Waals surface area contributed by atoms with Crippen molar-refractivity contribution in [3.63, 3.8) is 0 Å². The Balaban J connectivity index is 2.01. The van der Waals surface area contributed by atoms with E-state index in [1.54, 1.807) is 54.6 Å². The predicted molar refractivity (Wildman–Crippen MR) is 81.5 cm³/mol.